The second-order valence-electron chi connectivity index (χ2n) is 7.45. The fraction of sp³-hybridized carbons (Fsp3) is 0.269. The normalized spacial score (nSPS) is 10.6. The molecule has 0 amide bonds. The lowest BCUT2D eigenvalue weighted by Gasteiger charge is -2.35. The molecule has 0 aliphatic heterocycles. The van der Waals surface area contributed by atoms with Crippen molar-refractivity contribution < 1.29 is 0 Å². The summed E-state index contributed by atoms with van der Waals surface area (Å²) in [7, 11) is 0. The molecule has 2 nitrogen and oxygen atoms in total. The Morgan fingerprint density at radius 3 is 1.97 bits per heavy atom. The molecule has 3 heteroatoms. The molecular weight excluding hydrogens is 372 g/mol. The Morgan fingerprint density at radius 1 is 0.793 bits per heavy atom. The quantitative estimate of drug-likeness (QED) is 0.392. The number of hydrogen-bond acceptors (Lipinski definition) is 1. The summed E-state index contributed by atoms with van der Waals surface area (Å²) < 4.78 is 0. The average molecular weight is 403 g/mol. The lowest BCUT2D eigenvalue weighted by Crippen LogP contribution is -2.41. The van der Waals surface area contributed by atoms with Crippen LogP contribution >= 0.6 is 12.2 Å². The lowest BCUT2D eigenvalue weighted by atomic mass is 10.1. The van der Waals surface area contributed by atoms with Crippen molar-refractivity contribution in [3.05, 3.63) is 95.6 Å². The van der Waals surface area contributed by atoms with E-state index in [4.69, 9.17) is 12.2 Å². The second-order valence-corrected chi connectivity index (χ2v) is 7.82. The van der Waals surface area contributed by atoms with E-state index in [2.05, 4.69) is 103 Å². The monoisotopic (exact) mass is 402 g/mol. The molecule has 0 aliphatic rings. The zero-order valence-corrected chi connectivity index (χ0v) is 18.5. The molecule has 0 saturated heterocycles. The van der Waals surface area contributed by atoms with Crippen LogP contribution in [0.5, 0.6) is 0 Å². The van der Waals surface area contributed by atoms with Gasteiger partial charge >= 0.3 is 0 Å². The van der Waals surface area contributed by atoms with Crippen LogP contribution in [0.1, 0.15) is 36.5 Å². The smallest absolute Gasteiger partial charge is 0.181 e. The number of para-hydroxylation sites is 2. The van der Waals surface area contributed by atoms with Gasteiger partial charge < -0.3 is 4.90 Å². The highest BCUT2D eigenvalue weighted by Gasteiger charge is 2.23. The van der Waals surface area contributed by atoms with Gasteiger partial charge in [0.2, 0.25) is 0 Å². The zero-order chi connectivity index (χ0) is 20.6. The predicted molar refractivity (Wildman–Crippen MR) is 129 cm³/mol. The fourth-order valence-corrected chi connectivity index (χ4v) is 3.96. The molecule has 0 atom stereocenters. The van der Waals surface area contributed by atoms with Gasteiger partial charge in [0.15, 0.2) is 5.11 Å². The topological polar surface area (TPSA) is 6.48 Å². The van der Waals surface area contributed by atoms with Gasteiger partial charge in [0.05, 0.1) is 5.69 Å². The van der Waals surface area contributed by atoms with Gasteiger partial charge in [0.1, 0.15) is 0 Å². The Bertz CT molecular complexity index is 902. The minimum absolute atomic E-state index is 0.813. The summed E-state index contributed by atoms with van der Waals surface area (Å²) in [6.07, 6.45) is 2.25. The maximum atomic E-state index is 6.14. The molecule has 0 spiro atoms. The molecule has 0 radical (unpaired) electrons. The van der Waals surface area contributed by atoms with Gasteiger partial charge in [0, 0.05) is 18.8 Å². The first-order chi connectivity index (χ1) is 14.1. The van der Waals surface area contributed by atoms with Gasteiger partial charge in [-0.2, -0.15) is 0 Å². The number of aryl methyl sites for hydroxylation is 2. The van der Waals surface area contributed by atoms with Crippen LogP contribution in [0.4, 0.5) is 11.4 Å². The summed E-state index contributed by atoms with van der Waals surface area (Å²) in [4.78, 5) is 4.59. The largest absolute Gasteiger partial charge is 0.344 e. The Morgan fingerprint density at radius 2 is 1.38 bits per heavy atom. The summed E-state index contributed by atoms with van der Waals surface area (Å²) in [5, 5.41) is 0.853. The molecule has 0 fully saturated rings. The van der Waals surface area contributed by atoms with E-state index < -0.39 is 0 Å². The van der Waals surface area contributed by atoms with Crippen LogP contribution in [0, 0.1) is 13.8 Å². The van der Waals surface area contributed by atoms with E-state index in [1.807, 2.05) is 6.07 Å². The third-order valence-corrected chi connectivity index (χ3v) is 5.58. The van der Waals surface area contributed by atoms with Crippen LogP contribution in [0.3, 0.4) is 0 Å². The van der Waals surface area contributed by atoms with Gasteiger partial charge in [-0.3, -0.25) is 4.90 Å². The van der Waals surface area contributed by atoms with Crippen LogP contribution in [-0.2, 0) is 6.54 Å². The molecule has 0 saturated carbocycles. The first-order valence-electron chi connectivity index (χ1n) is 10.4. The number of thiocarbonyl (C=S) groups is 1. The number of nitrogens with zero attached hydrogens (tertiary/aromatic N) is 2. The first kappa shape index (κ1) is 21.1. The molecule has 150 valence electrons. The summed E-state index contributed by atoms with van der Waals surface area (Å²) in [5.41, 5.74) is 6.01. The van der Waals surface area contributed by atoms with Crippen LogP contribution < -0.4 is 4.90 Å². The Labute approximate surface area is 180 Å². The minimum atomic E-state index is 0.813. The van der Waals surface area contributed by atoms with Gasteiger partial charge in [-0.15, -0.1) is 0 Å². The molecule has 3 rings (SSSR count). The molecule has 0 unspecified atom stereocenters. The standard InChI is InChI=1S/C26H30N2S/c1-4-5-19-27(20-23-15-8-6-9-16-23)26(29)28(24-17-10-7-11-18-24)25-21(2)13-12-14-22(25)3/h6-18H,4-5,19-20H2,1-3H3. The molecule has 3 aromatic rings. The molecule has 0 heterocycles. The van der Waals surface area contributed by atoms with Gasteiger partial charge in [-0.25, -0.2) is 0 Å². The van der Waals surface area contributed by atoms with Crippen molar-refractivity contribution >= 4 is 28.7 Å². The third kappa shape index (κ3) is 5.24. The summed E-state index contributed by atoms with van der Waals surface area (Å²) >= 11 is 6.14. The fourth-order valence-electron chi connectivity index (χ4n) is 3.61. The van der Waals surface area contributed by atoms with Crippen LogP contribution in [0.25, 0.3) is 0 Å². The van der Waals surface area contributed by atoms with E-state index in [1.54, 1.807) is 0 Å². The average Bonchev–Trinajstić information content (AvgIpc) is 2.75. The third-order valence-electron chi connectivity index (χ3n) is 5.14. The van der Waals surface area contributed by atoms with Crippen molar-refractivity contribution in [1.29, 1.82) is 0 Å². The van der Waals surface area contributed by atoms with Crippen LogP contribution in [0.15, 0.2) is 78.9 Å². The number of benzene rings is 3. The highest BCUT2D eigenvalue weighted by Crippen LogP contribution is 2.33. The molecule has 0 aliphatic carbocycles. The SMILES string of the molecule is CCCCN(Cc1ccccc1)C(=S)N(c1ccccc1)c1c(C)cccc1C. The first-order valence-corrected chi connectivity index (χ1v) is 10.8. The predicted octanol–water partition coefficient (Wildman–Crippen LogP) is 7.03. The molecule has 29 heavy (non-hydrogen) atoms. The molecular formula is C26H30N2S. The van der Waals surface area contributed by atoms with E-state index in [0.29, 0.717) is 0 Å². The maximum absolute atomic E-state index is 6.14. The van der Waals surface area contributed by atoms with Crippen molar-refractivity contribution in [2.45, 2.75) is 40.2 Å². The number of unbranched alkanes of at least 4 members (excludes halogenated alkanes) is 1. The molecule has 0 aromatic heterocycles. The van der Waals surface area contributed by atoms with E-state index in [9.17, 15) is 0 Å². The highest BCUT2D eigenvalue weighted by molar-refractivity contribution is 7.80. The number of rotatable bonds is 7. The summed E-state index contributed by atoms with van der Waals surface area (Å²) in [6.45, 7) is 8.31. The Kier molecular flexibility index (Phi) is 7.42. The number of anilines is 2. The van der Waals surface area contributed by atoms with E-state index in [1.165, 1.54) is 22.4 Å². The Hall–Kier alpha value is -2.65. The van der Waals surface area contributed by atoms with Crippen molar-refractivity contribution in [3.8, 4) is 0 Å². The number of hydrogen-bond donors (Lipinski definition) is 0. The van der Waals surface area contributed by atoms with E-state index in [-0.39, 0.29) is 0 Å². The second kappa shape index (κ2) is 10.2. The summed E-state index contributed by atoms with van der Waals surface area (Å²) in [5.74, 6) is 0. The van der Waals surface area contributed by atoms with Crippen molar-refractivity contribution in [3.63, 3.8) is 0 Å². The highest BCUT2D eigenvalue weighted by atomic mass is 32.1. The zero-order valence-electron chi connectivity index (χ0n) is 17.6. The minimum Gasteiger partial charge on any atom is -0.344 e. The van der Waals surface area contributed by atoms with Crippen molar-refractivity contribution in [2.75, 3.05) is 11.4 Å². The molecule has 0 N–H and O–H groups in total. The van der Waals surface area contributed by atoms with Gasteiger partial charge in [-0.05, 0) is 61.3 Å². The molecule has 0 bridgehead atoms. The van der Waals surface area contributed by atoms with Crippen LogP contribution in [0.2, 0.25) is 0 Å². The Balaban J connectivity index is 2.03. The summed E-state index contributed by atoms with van der Waals surface area (Å²) in [6, 6.07) is 27.5. The van der Waals surface area contributed by atoms with Crippen molar-refractivity contribution in [1.82, 2.24) is 4.90 Å². The van der Waals surface area contributed by atoms with E-state index in [0.717, 1.165) is 36.7 Å². The van der Waals surface area contributed by atoms with E-state index >= 15 is 0 Å². The lowest BCUT2D eigenvalue weighted by molar-refractivity contribution is 0.404. The molecule has 3 aromatic carbocycles. The van der Waals surface area contributed by atoms with Gasteiger partial charge in [-0.1, -0.05) is 80.1 Å². The van der Waals surface area contributed by atoms with Crippen molar-refractivity contribution in [2.24, 2.45) is 0 Å². The van der Waals surface area contributed by atoms with Gasteiger partial charge in [0.25, 0.3) is 0 Å². The maximum Gasteiger partial charge on any atom is 0.181 e. The van der Waals surface area contributed by atoms with Crippen LogP contribution in [-0.4, -0.2) is 16.6 Å².